The van der Waals surface area contributed by atoms with E-state index in [4.69, 9.17) is 41.4 Å². The highest BCUT2D eigenvalue weighted by Gasteiger charge is 2.32. The summed E-state index contributed by atoms with van der Waals surface area (Å²) in [5.41, 5.74) is 0. The molecule has 0 spiro atoms. The predicted octanol–water partition coefficient (Wildman–Crippen LogP) is 7.33. The lowest BCUT2D eigenvalue weighted by Gasteiger charge is -2.25. The standard InChI is InChI=1S/C28H61N2O12P3/c1-8-9-14-19-28(31)30-21-16-11-13-18-23-37-45(32,42-34-6)38-25-27(40-44(41-33-5)39-26(2)3)24-36-43(7)35-22-17-12-10-15-20-29-4/h26-27,29H,8-25H2,1-7H3,(H,30,31). The molecule has 45 heavy (non-hydrogen) atoms. The van der Waals surface area contributed by atoms with Gasteiger partial charge in [0.15, 0.2) is 8.38 Å². The van der Waals surface area contributed by atoms with Crippen LogP contribution in [0.15, 0.2) is 0 Å². The van der Waals surface area contributed by atoms with Gasteiger partial charge in [0, 0.05) is 19.6 Å². The molecule has 2 N–H and O–H groups in total. The van der Waals surface area contributed by atoms with Crippen molar-refractivity contribution in [3.05, 3.63) is 0 Å². The Morgan fingerprint density at radius 2 is 1.49 bits per heavy atom. The number of nitrogens with one attached hydrogen (secondary N) is 2. The predicted molar refractivity (Wildman–Crippen MR) is 176 cm³/mol. The van der Waals surface area contributed by atoms with Crippen molar-refractivity contribution in [1.29, 1.82) is 0 Å². The zero-order chi connectivity index (χ0) is 33.6. The van der Waals surface area contributed by atoms with Crippen LogP contribution >= 0.6 is 24.8 Å². The van der Waals surface area contributed by atoms with Gasteiger partial charge in [-0.2, -0.15) is 4.67 Å². The van der Waals surface area contributed by atoms with E-state index in [2.05, 4.69) is 22.4 Å². The molecule has 0 aromatic rings. The Hall–Kier alpha value is 0.120. The maximum absolute atomic E-state index is 13.2. The number of unbranched alkanes of at least 4 members (excludes halogenated alkanes) is 8. The monoisotopic (exact) mass is 710 g/mol. The molecule has 270 valence electrons. The first kappa shape index (κ1) is 45.1. The van der Waals surface area contributed by atoms with Crippen molar-refractivity contribution in [3.63, 3.8) is 0 Å². The zero-order valence-corrected chi connectivity index (χ0v) is 31.3. The molecule has 0 heterocycles. The molecule has 4 atom stereocenters. The minimum Gasteiger partial charge on any atom is -0.356 e. The third kappa shape index (κ3) is 28.8. The van der Waals surface area contributed by atoms with Crippen molar-refractivity contribution >= 4 is 30.7 Å². The Morgan fingerprint density at radius 1 is 0.800 bits per heavy atom. The molecule has 0 fully saturated rings. The Labute approximate surface area is 274 Å². The van der Waals surface area contributed by atoms with Gasteiger partial charge in [-0.05, 0) is 59.5 Å². The van der Waals surface area contributed by atoms with E-state index in [9.17, 15) is 9.36 Å². The number of carbonyl (C=O) groups excluding carboxylic acids is 1. The van der Waals surface area contributed by atoms with Crippen molar-refractivity contribution in [3.8, 4) is 0 Å². The second-order valence-electron chi connectivity index (χ2n) is 10.5. The molecule has 0 aliphatic heterocycles. The molecule has 0 aromatic heterocycles. The fourth-order valence-electron chi connectivity index (χ4n) is 3.65. The van der Waals surface area contributed by atoms with E-state index in [0.717, 1.165) is 70.8 Å². The number of hydrogen-bond donors (Lipinski definition) is 2. The van der Waals surface area contributed by atoms with E-state index < -0.39 is 30.9 Å². The summed E-state index contributed by atoms with van der Waals surface area (Å²) in [6.07, 6.45) is 10.2. The van der Waals surface area contributed by atoms with Crippen LogP contribution in [0.4, 0.5) is 0 Å². The number of phosphoric ester groups is 1. The van der Waals surface area contributed by atoms with E-state index in [-0.39, 0.29) is 31.8 Å². The van der Waals surface area contributed by atoms with Crippen LogP contribution in [0.3, 0.4) is 0 Å². The highest BCUT2D eigenvalue weighted by atomic mass is 31.2. The van der Waals surface area contributed by atoms with Gasteiger partial charge in [0.2, 0.25) is 5.91 Å². The van der Waals surface area contributed by atoms with Crippen LogP contribution in [0.2, 0.25) is 0 Å². The van der Waals surface area contributed by atoms with Gasteiger partial charge in [-0.3, -0.25) is 13.8 Å². The number of hydrogen-bond acceptors (Lipinski definition) is 13. The molecule has 17 heteroatoms. The van der Waals surface area contributed by atoms with E-state index in [1.165, 1.54) is 14.2 Å². The molecule has 0 aliphatic rings. The third-order valence-corrected chi connectivity index (χ3v) is 9.63. The van der Waals surface area contributed by atoms with Gasteiger partial charge in [-0.25, -0.2) is 14.3 Å². The lowest BCUT2D eigenvalue weighted by atomic mass is 10.2. The fraction of sp³-hybridized carbons (Fsp3) is 0.964. The number of phosphoric acid groups is 1. The first-order chi connectivity index (χ1) is 21.7. The Bertz CT molecular complexity index is 730. The van der Waals surface area contributed by atoms with Crippen molar-refractivity contribution < 1.29 is 55.6 Å². The summed E-state index contributed by atoms with van der Waals surface area (Å²) < 4.78 is 57.6. The van der Waals surface area contributed by atoms with Crippen LogP contribution in [0, 0.1) is 0 Å². The summed E-state index contributed by atoms with van der Waals surface area (Å²) >= 11 is 0. The van der Waals surface area contributed by atoms with Gasteiger partial charge in [0.05, 0.1) is 46.8 Å². The average molecular weight is 711 g/mol. The average Bonchev–Trinajstić information content (AvgIpc) is 2.99. The minimum absolute atomic E-state index is 0.0415. The molecule has 14 nitrogen and oxygen atoms in total. The second kappa shape index (κ2) is 31.4. The number of amides is 1. The molecule has 0 aliphatic carbocycles. The molecule has 0 rings (SSSR count). The first-order valence-electron chi connectivity index (χ1n) is 16.1. The van der Waals surface area contributed by atoms with E-state index in [1.54, 1.807) is 0 Å². The van der Waals surface area contributed by atoms with Gasteiger partial charge in [-0.1, -0.05) is 45.4 Å². The molecular formula is C28H61N2O12P3. The summed E-state index contributed by atoms with van der Waals surface area (Å²) in [7, 11) is -2.68. The minimum atomic E-state index is -4.08. The van der Waals surface area contributed by atoms with Crippen LogP contribution in [0.25, 0.3) is 0 Å². The van der Waals surface area contributed by atoms with Crippen molar-refractivity contribution in [2.24, 2.45) is 0 Å². The second-order valence-corrected chi connectivity index (χ2v) is 14.4. The Kier molecular flexibility index (Phi) is 31.5. The summed E-state index contributed by atoms with van der Waals surface area (Å²) in [5.74, 6) is 0.0979. The van der Waals surface area contributed by atoms with Crippen molar-refractivity contribution in [1.82, 2.24) is 10.6 Å². The molecule has 0 saturated heterocycles. The lowest BCUT2D eigenvalue weighted by Crippen LogP contribution is -2.24. The molecular weight excluding hydrogens is 649 g/mol. The fourth-order valence-corrected chi connectivity index (χ4v) is 6.49. The highest BCUT2D eigenvalue weighted by Crippen LogP contribution is 2.51. The number of rotatable bonds is 34. The molecule has 1 amide bonds. The van der Waals surface area contributed by atoms with Gasteiger partial charge < -0.3 is 28.7 Å². The summed E-state index contributed by atoms with van der Waals surface area (Å²) in [6.45, 7) is 9.82. The molecule has 0 aromatic carbocycles. The summed E-state index contributed by atoms with van der Waals surface area (Å²) in [6, 6.07) is 0. The Morgan fingerprint density at radius 3 is 2.13 bits per heavy atom. The van der Waals surface area contributed by atoms with Crippen molar-refractivity contribution in [2.75, 3.05) is 67.4 Å². The van der Waals surface area contributed by atoms with E-state index >= 15 is 0 Å². The van der Waals surface area contributed by atoms with Gasteiger partial charge in [-0.15, -0.1) is 4.67 Å². The van der Waals surface area contributed by atoms with E-state index in [1.807, 2.05) is 27.6 Å². The van der Waals surface area contributed by atoms with Crippen molar-refractivity contribution in [2.45, 2.75) is 110 Å². The SMILES string of the molecule is CCCCCC(=O)NCCCCCCOP(=O)(OCC(COP(C)OCCCCCCNC)OP(OOC)OC(C)C)OOC. The zero-order valence-electron chi connectivity index (χ0n) is 28.6. The smallest absolute Gasteiger partial charge is 0.356 e. The van der Waals surface area contributed by atoms with Gasteiger partial charge >= 0.3 is 16.4 Å². The number of carbonyl (C=O) groups is 1. The lowest BCUT2D eigenvalue weighted by molar-refractivity contribution is -0.204. The molecule has 0 saturated carbocycles. The topological polar surface area (TPSA) is 150 Å². The van der Waals surface area contributed by atoms with Crippen LogP contribution in [0.5, 0.6) is 0 Å². The van der Waals surface area contributed by atoms with Crippen LogP contribution in [-0.4, -0.2) is 85.6 Å². The highest BCUT2D eigenvalue weighted by molar-refractivity contribution is 7.48. The maximum atomic E-state index is 13.2. The molecule has 0 bridgehead atoms. The molecule has 0 radical (unpaired) electrons. The van der Waals surface area contributed by atoms with Gasteiger partial charge in [0.25, 0.3) is 0 Å². The quantitative estimate of drug-likeness (QED) is 0.0297. The third-order valence-electron chi connectivity index (χ3n) is 5.94. The van der Waals surface area contributed by atoms with Gasteiger partial charge in [0.1, 0.15) is 6.10 Å². The molecule has 4 unspecified atom stereocenters. The Balaban J connectivity index is 4.75. The van der Waals surface area contributed by atoms with Crippen LogP contribution in [0.1, 0.15) is 97.8 Å². The summed E-state index contributed by atoms with van der Waals surface area (Å²) in [5, 5.41) is 6.09. The normalized spacial score (nSPS) is 15.2. The maximum Gasteiger partial charge on any atom is 0.502 e. The van der Waals surface area contributed by atoms with Crippen LogP contribution < -0.4 is 10.6 Å². The summed E-state index contributed by atoms with van der Waals surface area (Å²) in [4.78, 5) is 21.2. The van der Waals surface area contributed by atoms with Crippen LogP contribution in [-0.2, 0) is 55.6 Å². The van der Waals surface area contributed by atoms with E-state index in [0.29, 0.717) is 26.0 Å². The largest absolute Gasteiger partial charge is 0.502 e. The first-order valence-corrected chi connectivity index (χ1v) is 20.2.